The first kappa shape index (κ1) is 15.8. The molecule has 114 valence electrons. The second-order valence-electron chi connectivity index (χ2n) is 5.39. The van der Waals surface area contributed by atoms with Crippen LogP contribution in [0.4, 0.5) is 4.39 Å². The number of benzene rings is 1. The van der Waals surface area contributed by atoms with E-state index in [1.165, 1.54) is 18.2 Å². The summed E-state index contributed by atoms with van der Waals surface area (Å²) >= 11 is 5.92. The molecule has 0 unspecified atom stereocenters. The molecule has 1 amide bonds. The van der Waals surface area contributed by atoms with Gasteiger partial charge in [0.05, 0.1) is 12.3 Å². The van der Waals surface area contributed by atoms with Gasteiger partial charge in [0.15, 0.2) is 0 Å². The maximum absolute atomic E-state index is 13.7. The minimum Gasteiger partial charge on any atom is -0.481 e. The Morgan fingerprint density at radius 3 is 2.67 bits per heavy atom. The van der Waals surface area contributed by atoms with Crippen molar-refractivity contribution in [3.8, 4) is 0 Å². The summed E-state index contributed by atoms with van der Waals surface area (Å²) in [6.45, 7) is 1.70. The van der Waals surface area contributed by atoms with Crippen LogP contribution in [0.25, 0.3) is 0 Å². The normalized spacial score (nSPS) is 15.6. The second-order valence-corrected chi connectivity index (χ2v) is 5.80. The number of aliphatic carboxylic acids is 1. The van der Waals surface area contributed by atoms with Crippen molar-refractivity contribution < 1.29 is 19.1 Å². The molecule has 0 spiro atoms. The zero-order valence-electron chi connectivity index (χ0n) is 11.7. The van der Waals surface area contributed by atoms with Crippen LogP contribution >= 0.6 is 11.6 Å². The third-order valence-electron chi connectivity index (χ3n) is 3.59. The Kier molecular flexibility index (Phi) is 4.83. The van der Waals surface area contributed by atoms with Crippen LogP contribution in [0.15, 0.2) is 18.2 Å². The summed E-state index contributed by atoms with van der Waals surface area (Å²) < 4.78 is 13.7. The lowest BCUT2D eigenvalue weighted by atomic mass is 10.1. The average Bonchev–Trinajstić information content (AvgIpc) is 3.24. The van der Waals surface area contributed by atoms with Gasteiger partial charge < -0.3 is 10.0 Å². The molecule has 1 saturated carbocycles. The molecule has 0 saturated heterocycles. The van der Waals surface area contributed by atoms with Gasteiger partial charge in [-0.15, -0.1) is 0 Å². The van der Waals surface area contributed by atoms with Crippen molar-refractivity contribution >= 4 is 23.5 Å². The third kappa shape index (κ3) is 3.94. The van der Waals surface area contributed by atoms with E-state index in [9.17, 15) is 14.0 Å². The van der Waals surface area contributed by atoms with Gasteiger partial charge >= 0.3 is 5.97 Å². The number of hydrogen-bond acceptors (Lipinski definition) is 2. The highest BCUT2D eigenvalue weighted by atomic mass is 35.5. The summed E-state index contributed by atoms with van der Waals surface area (Å²) in [4.78, 5) is 24.9. The molecule has 1 aromatic rings. The quantitative estimate of drug-likeness (QED) is 0.878. The summed E-state index contributed by atoms with van der Waals surface area (Å²) in [5.41, 5.74) is 0.165. The minimum atomic E-state index is -0.947. The molecule has 6 heteroatoms. The Morgan fingerprint density at radius 2 is 2.14 bits per heavy atom. The summed E-state index contributed by atoms with van der Waals surface area (Å²) in [6, 6.07) is 4.35. The van der Waals surface area contributed by atoms with Crippen LogP contribution in [0, 0.1) is 11.7 Å². The van der Waals surface area contributed by atoms with Crippen LogP contribution in [-0.4, -0.2) is 34.5 Å². The fraction of sp³-hybridized carbons (Fsp3) is 0.467. The molecule has 0 aliphatic heterocycles. The number of rotatable bonds is 6. The Bertz CT molecular complexity index is 540. The van der Waals surface area contributed by atoms with Crippen molar-refractivity contribution in [3.63, 3.8) is 0 Å². The fourth-order valence-electron chi connectivity index (χ4n) is 2.17. The lowest BCUT2D eigenvalue weighted by Crippen LogP contribution is -2.39. The smallest absolute Gasteiger partial charge is 0.308 e. The molecule has 21 heavy (non-hydrogen) atoms. The van der Waals surface area contributed by atoms with Gasteiger partial charge in [0, 0.05) is 23.2 Å². The number of halogens is 2. The van der Waals surface area contributed by atoms with E-state index in [0.29, 0.717) is 0 Å². The maximum Gasteiger partial charge on any atom is 0.308 e. The highest BCUT2D eigenvalue weighted by molar-refractivity contribution is 6.31. The molecule has 1 aromatic carbocycles. The zero-order valence-corrected chi connectivity index (χ0v) is 12.4. The van der Waals surface area contributed by atoms with E-state index in [-0.39, 0.29) is 35.5 Å². The van der Waals surface area contributed by atoms with E-state index in [2.05, 4.69) is 0 Å². The molecule has 1 atom stereocenters. The van der Waals surface area contributed by atoms with Crippen LogP contribution in [0.1, 0.15) is 25.3 Å². The molecule has 2 rings (SSSR count). The van der Waals surface area contributed by atoms with Gasteiger partial charge in [0.1, 0.15) is 5.82 Å². The van der Waals surface area contributed by atoms with Crippen molar-refractivity contribution in [3.05, 3.63) is 34.6 Å². The molecule has 1 fully saturated rings. The molecule has 1 aliphatic carbocycles. The molecule has 1 aliphatic rings. The molecule has 0 heterocycles. The highest BCUT2D eigenvalue weighted by Crippen LogP contribution is 2.29. The first-order chi connectivity index (χ1) is 9.90. The first-order valence-corrected chi connectivity index (χ1v) is 7.23. The minimum absolute atomic E-state index is 0.0739. The lowest BCUT2D eigenvalue weighted by molar-refractivity contribution is -0.143. The van der Waals surface area contributed by atoms with E-state index >= 15 is 0 Å². The van der Waals surface area contributed by atoms with Crippen molar-refractivity contribution in [1.29, 1.82) is 0 Å². The molecular weight excluding hydrogens is 297 g/mol. The van der Waals surface area contributed by atoms with Crippen LogP contribution in [0.2, 0.25) is 5.02 Å². The zero-order chi connectivity index (χ0) is 15.6. The van der Waals surface area contributed by atoms with E-state index in [0.717, 1.165) is 12.8 Å². The number of carboxylic acids is 1. The van der Waals surface area contributed by atoms with Gasteiger partial charge in [-0.1, -0.05) is 24.6 Å². The Morgan fingerprint density at radius 1 is 1.48 bits per heavy atom. The number of nitrogens with zero attached hydrogens (tertiary/aromatic N) is 1. The Hall–Kier alpha value is -1.62. The van der Waals surface area contributed by atoms with E-state index < -0.39 is 17.7 Å². The molecule has 4 nitrogen and oxygen atoms in total. The van der Waals surface area contributed by atoms with Gasteiger partial charge in [0.2, 0.25) is 5.91 Å². The molecule has 0 aromatic heterocycles. The average molecular weight is 314 g/mol. The highest BCUT2D eigenvalue weighted by Gasteiger charge is 2.34. The Labute approximate surface area is 127 Å². The fourth-order valence-corrected chi connectivity index (χ4v) is 2.40. The molecular formula is C15H17ClFNO3. The van der Waals surface area contributed by atoms with Crippen LogP contribution in [-0.2, 0) is 16.0 Å². The largest absolute Gasteiger partial charge is 0.481 e. The topological polar surface area (TPSA) is 57.6 Å². The van der Waals surface area contributed by atoms with Gasteiger partial charge in [-0.05, 0) is 25.0 Å². The van der Waals surface area contributed by atoms with Gasteiger partial charge in [-0.25, -0.2) is 4.39 Å². The summed E-state index contributed by atoms with van der Waals surface area (Å²) in [5, 5.41) is 9.19. The number of amides is 1. The van der Waals surface area contributed by atoms with Gasteiger partial charge in [0.25, 0.3) is 0 Å². The van der Waals surface area contributed by atoms with Crippen LogP contribution in [0.3, 0.4) is 0 Å². The maximum atomic E-state index is 13.7. The van der Waals surface area contributed by atoms with Crippen molar-refractivity contribution in [2.75, 3.05) is 6.54 Å². The third-order valence-corrected chi connectivity index (χ3v) is 3.94. The number of carbonyl (C=O) groups excluding carboxylic acids is 1. The Balaban J connectivity index is 2.10. The SMILES string of the molecule is C[C@H](CN(C(=O)Cc1c(F)cccc1Cl)C1CC1)C(=O)O. The summed E-state index contributed by atoms with van der Waals surface area (Å²) in [7, 11) is 0. The summed E-state index contributed by atoms with van der Waals surface area (Å²) in [6.07, 6.45) is 1.58. The van der Waals surface area contributed by atoms with Crippen molar-refractivity contribution in [2.45, 2.75) is 32.2 Å². The van der Waals surface area contributed by atoms with Gasteiger partial charge in [-0.2, -0.15) is 0 Å². The molecule has 0 radical (unpaired) electrons. The van der Waals surface area contributed by atoms with Crippen LogP contribution in [0.5, 0.6) is 0 Å². The number of hydrogen-bond donors (Lipinski definition) is 1. The van der Waals surface area contributed by atoms with Crippen LogP contribution < -0.4 is 0 Å². The standard InChI is InChI=1S/C15H17ClFNO3/c1-9(15(20)21)8-18(10-5-6-10)14(19)7-11-12(16)3-2-4-13(11)17/h2-4,9-10H,5-8H2,1H3,(H,20,21)/t9-/m1/s1. The number of carboxylic acid groups (broad SMARTS) is 1. The first-order valence-electron chi connectivity index (χ1n) is 6.85. The van der Waals surface area contributed by atoms with Crippen molar-refractivity contribution in [1.82, 2.24) is 4.90 Å². The van der Waals surface area contributed by atoms with E-state index in [1.54, 1.807) is 11.8 Å². The predicted octanol–water partition coefficient (Wildman–Crippen LogP) is 2.73. The summed E-state index contributed by atoms with van der Waals surface area (Å²) in [5.74, 6) is -2.39. The molecule has 0 bridgehead atoms. The molecule has 1 N–H and O–H groups in total. The monoisotopic (exact) mass is 313 g/mol. The lowest BCUT2D eigenvalue weighted by Gasteiger charge is -2.24. The predicted molar refractivity (Wildman–Crippen MR) is 76.6 cm³/mol. The van der Waals surface area contributed by atoms with Crippen molar-refractivity contribution in [2.24, 2.45) is 5.92 Å². The second kappa shape index (κ2) is 6.43. The van der Waals surface area contributed by atoms with Gasteiger partial charge in [-0.3, -0.25) is 9.59 Å². The number of carbonyl (C=O) groups is 2. The van der Waals surface area contributed by atoms with E-state index in [1.807, 2.05) is 0 Å². The van der Waals surface area contributed by atoms with E-state index in [4.69, 9.17) is 16.7 Å².